The standard InChI is InChI=1S/C14H12BrN5O4/c1-17-11-10(12(21)18(2)14(17)22)19(13(15)16-11)7-8-3-5-9(6-4-8)20(23)24/h3-6H,7H2,1-2H3. The SMILES string of the molecule is Cn1c(=O)c2c(nc(Br)n2Cc2ccc([N+](=O)[O-])cc2)n(C)c1=O. The van der Waals surface area contributed by atoms with Crippen LogP contribution in [0.15, 0.2) is 38.6 Å². The summed E-state index contributed by atoms with van der Waals surface area (Å²) in [6, 6.07) is 6.03. The lowest BCUT2D eigenvalue weighted by molar-refractivity contribution is -0.384. The number of nitro groups is 1. The van der Waals surface area contributed by atoms with Crippen LogP contribution in [0.25, 0.3) is 11.2 Å². The van der Waals surface area contributed by atoms with E-state index in [1.807, 2.05) is 0 Å². The van der Waals surface area contributed by atoms with Crippen LogP contribution in [0.3, 0.4) is 0 Å². The Kier molecular flexibility index (Phi) is 3.84. The highest BCUT2D eigenvalue weighted by atomic mass is 79.9. The highest BCUT2D eigenvalue weighted by Gasteiger charge is 2.18. The van der Waals surface area contributed by atoms with Crippen molar-refractivity contribution in [2.75, 3.05) is 0 Å². The van der Waals surface area contributed by atoms with Crippen LogP contribution in [-0.2, 0) is 20.6 Å². The largest absolute Gasteiger partial charge is 0.332 e. The Morgan fingerprint density at radius 3 is 2.38 bits per heavy atom. The minimum atomic E-state index is -0.474. The number of hydrogen-bond acceptors (Lipinski definition) is 5. The molecule has 0 radical (unpaired) electrons. The molecule has 0 amide bonds. The molecule has 1 aromatic carbocycles. The van der Waals surface area contributed by atoms with Gasteiger partial charge in [0.1, 0.15) is 0 Å². The van der Waals surface area contributed by atoms with E-state index in [2.05, 4.69) is 20.9 Å². The summed E-state index contributed by atoms with van der Waals surface area (Å²) in [7, 11) is 2.95. The fourth-order valence-electron chi connectivity index (χ4n) is 2.47. The molecule has 0 aliphatic rings. The van der Waals surface area contributed by atoms with Gasteiger partial charge in [0.25, 0.3) is 11.2 Å². The molecule has 0 saturated carbocycles. The van der Waals surface area contributed by atoms with Gasteiger partial charge in [-0.25, -0.2) is 9.78 Å². The molecule has 0 spiro atoms. The van der Waals surface area contributed by atoms with Gasteiger partial charge in [-0.3, -0.25) is 24.0 Å². The maximum Gasteiger partial charge on any atom is 0.332 e. The molecule has 124 valence electrons. The molecule has 0 bridgehead atoms. The molecule has 3 aromatic rings. The molecular weight excluding hydrogens is 382 g/mol. The van der Waals surface area contributed by atoms with Gasteiger partial charge in [-0.1, -0.05) is 12.1 Å². The number of rotatable bonds is 3. The van der Waals surface area contributed by atoms with Gasteiger partial charge in [-0.05, 0) is 21.5 Å². The molecule has 10 heteroatoms. The van der Waals surface area contributed by atoms with Crippen molar-refractivity contribution in [3.63, 3.8) is 0 Å². The first-order chi connectivity index (χ1) is 11.3. The highest BCUT2D eigenvalue weighted by molar-refractivity contribution is 9.10. The summed E-state index contributed by atoms with van der Waals surface area (Å²) >= 11 is 3.30. The molecule has 0 aliphatic heterocycles. The predicted molar refractivity (Wildman–Crippen MR) is 90.1 cm³/mol. The quantitative estimate of drug-likeness (QED) is 0.377. The van der Waals surface area contributed by atoms with Gasteiger partial charge < -0.3 is 4.57 Å². The zero-order valence-corrected chi connectivity index (χ0v) is 14.3. The van der Waals surface area contributed by atoms with Gasteiger partial charge in [-0.15, -0.1) is 0 Å². The number of imidazole rings is 1. The number of nitro benzene ring substituents is 1. The van der Waals surface area contributed by atoms with Crippen molar-refractivity contribution < 1.29 is 4.92 Å². The molecule has 0 fully saturated rings. The molecular formula is C14H12BrN5O4. The maximum absolute atomic E-state index is 12.4. The fourth-order valence-corrected chi connectivity index (χ4v) is 2.94. The van der Waals surface area contributed by atoms with Gasteiger partial charge in [-0.2, -0.15) is 0 Å². The van der Waals surface area contributed by atoms with Crippen molar-refractivity contribution in [1.82, 2.24) is 18.7 Å². The highest BCUT2D eigenvalue weighted by Crippen LogP contribution is 2.19. The number of benzene rings is 1. The second-order valence-electron chi connectivity index (χ2n) is 5.27. The molecule has 2 aromatic heterocycles. The van der Waals surface area contributed by atoms with Crippen molar-refractivity contribution >= 4 is 32.8 Å². The average Bonchev–Trinajstić information content (AvgIpc) is 2.88. The number of hydrogen-bond donors (Lipinski definition) is 0. The van der Waals surface area contributed by atoms with E-state index in [-0.39, 0.29) is 23.4 Å². The number of fused-ring (bicyclic) bond motifs is 1. The van der Waals surface area contributed by atoms with Crippen LogP contribution in [0.5, 0.6) is 0 Å². The van der Waals surface area contributed by atoms with Gasteiger partial charge in [0.05, 0.1) is 11.5 Å². The number of halogens is 1. The number of aryl methyl sites for hydroxylation is 1. The topological polar surface area (TPSA) is 105 Å². The zero-order chi connectivity index (χ0) is 17.6. The Labute approximate surface area is 143 Å². The van der Waals surface area contributed by atoms with Crippen LogP contribution in [0, 0.1) is 10.1 Å². The second-order valence-corrected chi connectivity index (χ2v) is 5.98. The van der Waals surface area contributed by atoms with Crippen LogP contribution in [0.2, 0.25) is 0 Å². The van der Waals surface area contributed by atoms with Gasteiger partial charge in [0.2, 0.25) is 0 Å². The summed E-state index contributed by atoms with van der Waals surface area (Å²) in [6.45, 7) is 0.280. The normalized spacial score (nSPS) is 11.1. The monoisotopic (exact) mass is 393 g/mol. The molecule has 2 heterocycles. The minimum Gasteiger partial charge on any atom is -0.308 e. The summed E-state index contributed by atoms with van der Waals surface area (Å²) in [4.78, 5) is 38.9. The lowest BCUT2D eigenvalue weighted by Crippen LogP contribution is -2.37. The summed E-state index contributed by atoms with van der Waals surface area (Å²) in [5.41, 5.74) is 0.401. The molecule has 0 unspecified atom stereocenters. The van der Waals surface area contributed by atoms with Crippen LogP contribution in [0.4, 0.5) is 5.69 Å². The van der Waals surface area contributed by atoms with Crippen molar-refractivity contribution in [1.29, 1.82) is 0 Å². The van der Waals surface area contributed by atoms with Crippen LogP contribution < -0.4 is 11.2 Å². The van der Waals surface area contributed by atoms with Crippen molar-refractivity contribution in [3.05, 3.63) is 65.5 Å². The summed E-state index contributed by atoms with van der Waals surface area (Å²) in [5.74, 6) is 0. The van der Waals surface area contributed by atoms with Crippen molar-refractivity contribution in [3.8, 4) is 0 Å². The average molecular weight is 394 g/mol. The van der Waals surface area contributed by atoms with Crippen molar-refractivity contribution in [2.24, 2.45) is 14.1 Å². The molecule has 24 heavy (non-hydrogen) atoms. The number of non-ortho nitro benzene ring substituents is 1. The molecule has 0 aliphatic carbocycles. The van der Waals surface area contributed by atoms with E-state index in [1.54, 1.807) is 23.7 Å². The minimum absolute atomic E-state index is 0.00776. The smallest absolute Gasteiger partial charge is 0.308 e. The lowest BCUT2D eigenvalue weighted by Gasteiger charge is -2.07. The predicted octanol–water partition coefficient (Wildman–Crippen LogP) is 1.15. The maximum atomic E-state index is 12.4. The van der Waals surface area contributed by atoms with Crippen LogP contribution >= 0.6 is 15.9 Å². The van der Waals surface area contributed by atoms with E-state index in [0.717, 1.165) is 10.1 Å². The van der Waals surface area contributed by atoms with E-state index < -0.39 is 16.2 Å². The Bertz CT molecular complexity index is 1080. The first-order valence-electron chi connectivity index (χ1n) is 6.86. The molecule has 9 nitrogen and oxygen atoms in total. The third-order valence-electron chi connectivity index (χ3n) is 3.79. The molecule has 0 N–H and O–H groups in total. The van der Waals surface area contributed by atoms with E-state index >= 15 is 0 Å². The number of aromatic nitrogens is 4. The van der Waals surface area contributed by atoms with E-state index in [0.29, 0.717) is 4.73 Å². The third kappa shape index (κ3) is 2.44. The van der Waals surface area contributed by atoms with E-state index in [9.17, 15) is 19.7 Å². The molecule has 0 saturated heterocycles. The third-order valence-corrected chi connectivity index (χ3v) is 4.39. The lowest BCUT2D eigenvalue weighted by atomic mass is 10.2. The number of nitrogens with zero attached hydrogens (tertiary/aromatic N) is 5. The van der Waals surface area contributed by atoms with Crippen LogP contribution in [-0.4, -0.2) is 23.6 Å². The Morgan fingerprint density at radius 2 is 1.79 bits per heavy atom. The summed E-state index contributed by atoms with van der Waals surface area (Å²) in [5, 5.41) is 10.7. The van der Waals surface area contributed by atoms with E-state index in [4.69, 9.17) is 0 Å². The fraction of sp³-hybridized carbons (Fsp3) is 0.214. The zero-order valence-electron chi connectivity index (χ0n) is 12.8. The van der Waals surface area contributed by atoms with Gasteiger partial charge in [0, 0.05) is 26.2 Å². The van der Waals surface area contributed by atoms with Crippen LogP contribution in [0.1, 0.15) is 5.56 Å². The Balaban J connectivity index is 2.17. The van der Waals surface area contributed by atoms with Crippen molar-refractivity contribution in [2.45, 2.75) is 6.54 Å². The molecule has 0 atom stereocenters. The van der Waals surface area contributed by atoms with Gasteiger partial charge >= 0.3 is 5.69 Å². The Morgan fingerprint density at radius 1 is 1.17 bits per heavy atom. The van der Waals surface area contributed by atoms with Gasteiger partial charge in [0.15, 0.2) is 15.9 Å². The molecule has 3 rings (SSSR count). The second kappa shape index (κ2) is 5.71. The first kappa shape index (κ1) is 16.1. The first-order valence-corrected chi connectivity index (χ1v) is 7.65. The summed E-state index contributed by atoms with van der Waals surface area (Å²) < 4.78 is 4.34. The Hall–Kier alpha value is -2.75. The van der Waals surface area contributed by atoms with E-state index in [1.165, 1.54) is 23.7 Å². The summed E-state index contributed by atoms with van der Waals surface area (Å²) in [6.07, 6.45) is 0.